The van der Waals surface area contributed by atoms with E-state index < -0.39 is 28.8 Å². The smallest absolute Gasteiger partial charge is 0.408 e. The predicted octanol–water partition coefficient (Wildman–Crippen LogP) is 5.17. The summed E-state index contributed by atoms with van der Waals surface area (Å²) in [6.07, 6.45) is -0.958. The second kappa shape index (κ2) is 9.76. The Labute approximate surface area is 225 Å². The zero-order valence-electron chi connectivity index (χ0n) is 21.9. The van der Waals surface area contributed by atoms with Crippen LogP contribution in [0.15, 0.2) is 88.1 Å². The quantitative estimate of drug-likeness (QED) is 0.363. The molecule has 0 spiro atoms. The van der Waals surface area contributed by atoms with Gasteiger partial charge in [-0.1, -0.05) is 66.7 Å². The van der Waals surface area contributed by atoms with Crippen molar-refractivity contribution in [3.05, 3.63) is 112 Å². The van der Waals surface area contributed by atoms with Crippen molar-refractivity contribution in [3.8, 4) is 6.07 Å². The number of carbonyl (C=O) groups is 2. The van der Waals surface area contributed by atoms with E-state index in [1.54, 1.807) is 62.1 Å². The highest BCUT2D eigenvalue weighted by molar-refractivity contribution is 6.09. The molecule has 8 nitrogen and oxygen atoms in total. The molecule has 0 unspecified atom stereocenters. The molecule has 39 heavy (non-hydrogen) atoms. The van der Waals surface area contributed by atoms with Gasteiger partial charge < -0.3 is 19.4 Å². The van der Waals surface area contributed by atoms with Crippen LogP contribution >= 0.6 is 0 Å². The number of carbonyl (C=O) groups excluding carboxylic acids is 2. The second-order valence-corrected chi connectivity index (χ2v) is 10.5. The minimum Gasteiger partial charge on any atom is -0.444 e. The van der Waals surface area contributed by atoms with Crippen LogP contribution in [0.1, 0.15) is 43.0 Å². The second-order valence-electron chi connectivity index (χ2n) is 10.5. The fourth-order valence-electron chi connectivity index (χ4n) is 5.04. The lowest BCUT2D eigenvalue weighted by molar-refractivity contribution is -0.124. The van der Waals surface area contributed by atoms with Crippen LogP contribution in [0.4, 0.5) is 10.5 Å². The molecule has 2 amide bonds. The average molecular weight is 522 g/mol. The van der Waals surface area contributed by atoms with Crippen molar-refractivity contribution in [2.75, 3.05) is 4.90 Å². The van der Waals surface area contributed by atoms with Crippen LogP contribution in [0.2, 0.25) is 0 Å². The van der Waals surface area contributed by atoms with Gasteiger partial charge >= 0.3 is 11.7 Å². The van der Waals surface area contributed by atoms with Crippen LogP contribution in [0.5, 0.6) is 0 Å². The molecule has 0 aliphatic carbocycles. The van der Waals surface area contributed by atoms with E-state index in [0.717, 1.165) is 5.56 Å². The van der Waals surface area contributed by atoms with E-state index in [1.807, 2.05) is 48.5 Å². The monoisotopic (exact) mass is 521 g/mol. The number of amides is 2. The Hall–Kier alpha value is -4.90. The van der Waals surface area contributed by atoms with E-state index in [-0.39, 0.29) is 24.1 Å². The molecule has 4 aromatic rings. The third kappa shape index (κ3) is 4.75. The highest BCUT2D eigenvalue weighted by Crippen LogP contribution is 2.44. The first-order valence-corrected chi connectivity index (χ1v) is 12.5. The number of hydrogen-bond donors (Lipinski definition) is 1. The van der Waals surface area contributed by atoms with Gasteiger partial charge in [0.15, 0.2) is 5.54 Å². The fourth-order valence-corrected chi connectivity index (χ4v) is 5.04. The number of benzene rings is 3. The Morgan fingerprint density at radius 1 is 1.00 bits per heavy atom. The maximum absolute atomic E-state index is 14.5. The van der Waals surface area contributed by atoms with Gasteiger partial charge in [-0.3, -0.25) is 4.79 Å². The molecule has 1 aliphatic heterocycles. The predicted molar refractivity (Wildman–Crippen MR) is 146 cm³/mol. The summed E-state index contributed by atoms with van der Waals surface area (Å²) >= 11 is 0. The van der Waals surface area contributed by atoms with Gasteiger partial charge in [-0.05, 0) is 44.0 Å². The summed E-state index contributed by atoms with van der Waals surface area (Å²) in [5.41, 5.74) is -0.855. The topological polar surface area (TPSA) is 113 Å². The lowest BCUT2D eigenvalue weighted by Gasteiger charge is -2.32. The minimum absolute atomic E-state index is 0.164. The van der Waals surface area contributed by atoms with Gasteiger partial charge in [0, 0.05) is 17.4 Å². The van der Waals surface area contributed by atoms with Crippen LogP contribution in [0.25, 0.3) is 11.0 Å². The molecule has 1 atom stereocenters. The Balaban J connectivity index is 1.72. The largest absolute Gasteiger partial charge is 0.444 e. The Morgan fingerprint density at radius 3 is 2.38 bits per heavy atom. The molecule has 196 valence electrons. The van der Waals surface area contributed by atoms with Gasteiger partial charge in [0.05, 0.1) is 12.2 Å². The van der Waals surface area contributed by atoms with E-state index in [0.29, 0.717) is 22.2 Å². The normalized spacial score (nSPS) is 16.6. The molecule has 2 heterocycles. The van der Waals surface area contributed by atoms with Crippen molar-refractivity contribution >= 4 is 28.7 Å². The molecular formula is C31H27N3O5. The Bertz CT molecular complexity index is 1680. The van der Waals surface area contributed by atoms with Crippen LogP contribution < -0.4 is 15.8 Å². The summed E-state index contributed by atoms with van der Waals surface area (Å²) in [4.78, 5) is 42.2. The van der Waals surface area contributed by atoms with Gasteiger partial charge in [0.1, 0.15) is 22.8 Å². The molecule has 8 heteroatoms. The molecule has 0 fully saturated rings. The number of para-hydroxylation sites is 2. The molecule has 0 saturated carbocycles. The van der Waals surface area contributed by atoms with Gasteiger partial charge in [-0.15, -0.1) is 0 Å². The molecule has 1 aromatic heterocycles. The summed E-state index contributed by atoms with van der Waals surface area (Å²) in [5.74, 6) is -0.403. The van der Waals surface area contributed by atoms with E-state index in [2.05, 4.69) is 5.32 Å². The van der Waals surface area contributed by atoms with Gasteiger partial charge in [0.2, 0.25) is 0 Å². The third-order valence-corrected chi connectivity index (χ3v) is 6.64. The molecule has 0 saturated heterocycles. The van der Waals surface area contributed by atoms with Crippen molar-refractivity contribution in [1.82, 2.24) is 5.32 Å². The van der Waals surface area contributed by atoms with Crippen molar-refractivity contribution in [2.45, 2.75) is 44.9 Å². The van der Waals surface area contributed by atoms with Gasteiger partial charge in [-0.2, -0.15) is 5.26 Å². The van der Waals surface area contributed by atoms with Crippen LogP contribution in [0.3, 0.4) is 0 Å². The average Bonchev–Trinajstić information content (AvgIpc) is 3.11. The zero-order valence-corrected chi connectivity index (χ0v) is 21.9. The summed E-state index contributed by atoms with van der Waals surface area (Å²) in [5, 5.41) is 13.3. The van der Waals surface area contributed by atoms with E-state index in [4.69, 9.17) is 9.15 Å². The number of nitrogens with zero attached hydrogens (tertiary/aromatic N) is 2. The molecule has 1 N–H and O–H groups in total. The molecular weight excluding hydrogens is 494 g/mol. The molecule has 1 aliphatic rings. The summed E-state index contributed by atoms with van der Waals surface area (Å²) in [6.45, 7) is 5.45. The van der Waals surface area contributed by atoms with E-state index in [1.165, 1.54) is 0 Å². The Kier molecular flexibility index (Phi) is 6.44. The molecule has 0 bridgehead atoms. The number of nitrogens with one attached hydrogen (secondary N) is 1. The molecule has 0 radical (unpaired) electrons. The van der Waals surface area contributed by atoms with Crippen LogP contribution in [0, 0.1) is 11.3 Å². The standard InChI is InChI=1S/C31H27N3O5/c1-30(2,3)39-29(37)33-31(17-22-21-13-7-10-16-26(21)38-27(35)23(22)18-32)24-14-8-9-15-25(24)34(28(31)36)19-20-11-5-4-6-12-20/h4-16H,17,19H2,1-3H3,(H,33,37)/t31-/m0/s1. The van der Waals surface area contributed by atoms with Crippen molar-refractivity contribution in [1.29, 1.82) is 5.26 Å². The van der Waals surface area contributed by atoms with Crippen molar-refractivity contribution < 1.29 is 18.7 Å². The fraction of sp³-hybridized carbons (Fsp3) is 0.226. The summed E-state index contributed by atoms with van der Waals surface area (Å²) < 4.78 is 11.0. The number of anilines is 1. The van der Waals surface area contributed by atoms with Crippen molar-refractivity contribution in [2.24, 2.45) is 0 Å². The van der Waals surface area contributed by atoms with E-state index in [9.17, 15) is 19.6 Å². The third-order valence-electron chi connectivity index (χ3n) is 6.64. The molecule has 3 aromatic carbocycles. The highest BCUT2D eigenvalue weighted by Gasteiger charge is 2.53. The van der Waals surface area contributed by atoms with Gasteiger partial charge in [-0.25, -0.2) is 9.59 Å². The maximum atomic E-state index is 14.5. The number of nitriles is 1. The first-order chi connectivity index (χ1) is 18.6. The van der Waals surface area contributed by atoms with Crippen LogP contribution in [-0.2, 0) is 28.0 Å². The number of fused-ring (bicyclic) bond motifs is 2. The lowest BCUT2D eigenvalue weighted by Crippen LogP contribution is -2.55. The first kappa shape index (κ1) is 25.7. The zero-order chi connectivity index (χ0) is 27.8. The molecule has 5 rings (SSSR count). The maximum Gasteiger partial charge on any atom is 0.408 e. The summed E-state index contributed by atoms with van der Waals surface area (Å²) in [6, 6.07) is 25.5. The Morgan fingerprint density at radius 2 is 1.67 bits per heavy atom. The first-order valence-electron chi connectivity index (χ1n) is 12.5. The van der Waals surface area contributed by atoms with Gasteiger partial charge in [0.25, 0.3) is 5.91 Å². The SMILES string of the molecule is CC(C)(C)OC(=O)N[C@]1(Cc2c(C#N)c(=O)oc3ccccc23)C(=O)N(Cc2ccccc2)c2ccccc21. The lowest BCUT2D eigenvalue weighted by atomic mass is 9.82. The highest BCUT2D eigenvalue weighted by atomic mass is 16.6. The summed E-state index contributed by atoms with van der Waals surface area (Å²) in [7, 11) is 0. The van der Waals surface area contributed by atoms with Crippen LogP contribution in [-0.4, -0.2) is 17.6 Å². The number of alkyl carbamates (subject to hydrolysis) is 1. The van der Waals surface area contributed by atoms with Crippen molar-refractivity contribution in [3.63, 3.8) is 0 Å². The number of rotatable bonds is 5. The minimum atomic E-state index is -1.66. The number of hydrogen-bond acceptors (Lipinski definition) is 6. The van der Waals surface area contributed by atoms with E-state index >= 15 is 0 Å². The number of ether oxygens (including phenoxy) is 1.